The monoisotopic (exact) mass is 874 g/mol. The number of aliphatic hydroxyl groups is 1. The molecule has 0 spiro atoms. The Balaban J connectivity index is 1.97. The number of aliphatic carboxylic acids is 1. The molecule has 62 heavy (non-hydrogen) atoms. The van der Waals surface area contributed by atoms with Gasteiger partial charge < -0.3 is 57.5 Å². The van der Waals surface area contributed by atoms with Gasteiger partial charge in [-0.05, 0) is 64.4 Å². The molecule has 21 heteroatoms. The molecule has 21 nitrogen and oxygen atoms in total. The van der Waals surface area contributed by atoms with Crippen molar-refractivity contribution in [2.24, 2.45) is 11.7 Å². The topological polar surface area (TPSA) is 322 Å². The second kappa shape index (κ2) is 26.5. The quantitative estimate of drug-likeness (QED) is 0.0336. The van der Waals surface area contributed by atoms with E-state index in [0.717, 1.165) is 5.56 Å². The van der Waals surface area contributed by atoms with E-state index in [9.17, 15) is 58.2 Å². The number of ether oxygens (including phenoxy) is 1. The Bertz CT molecular complexity index is 1750. The minimum atomic E-state index is -1.62. The Hall–Kier alpha value is -5.80. The van der Waals surface area contributed by atoms with Crippen molar-refractivity contribution < 1.29 is 62.9 Å². The summed E-state index contributed by atoms with van der Waals surface area (Å²) in [6.45, 7) is 7.09. The molecule has 10 N–H and O–H groups in total. The number of carbonyl (C=O) groups excluding carboxylic acids is 9. The molecule has 1 aromatic rings. The van der Waals surface area contributed by atoms with Crippen LogP contribution in [0.2, 0.25) is 0 Å². The first kappa shape index (κ1) is 52.3. The molecule has 344 valence electrons. The maximum Gasteiger partial charge on any atom is 0.303 e. The van der Waals surface area contributed by atoms with Crippen LogP contribution in [0, 0.1) is 5.92 Å². The maximum atomic E-state index is 13.9. The summed E-state index contributed by atoms with van der Waals surface area (Å²) in [5, 5.41) is 34.3. The van der Waals surface area contributed by atoms with Crippen molar-refractivity contribution in [2.45, 2.75) is 116 Å². The van der Waals surface area contributed by atoms with Crippen LogP contribution in [0.4, 0.5) is 0 Å². The highest BCUT2D eigenvalue weighted by atomic mass is 16.5. The SMILES string of the molecule is CC(=O)CNC(=O)CNC(=O)C(NC(=O)C(CCC(=O)O)NC(=O)C1CCCN1C(=O)C(CC(C)C)NC(=O)CCOCCNC(=O)C(N)Cc1ccc(C(C)=O)cc1)C(C)O. The van der Waals surface area contributed by atoms with Crippen LogP contribution in [0.3, 0.4) is 0 Å². The largest absolute Gasteiger partial charge is 0.481 e. The smallest absolute Gasteiger partial charge is 0.303 e. The molecule has 1 aliphatic rings. The number of nitrogens with two attached hydrogens (primary N) is 1. The lowest BCUT2D eigenvalue weighted by Gasteiger charge is -2.31. The number of carbonyl (C=O) groups is 10. The highest BCUT2D eigenvalue weighted by molar-refractivity contribution is 5.97. The second-order valence-corrected chi connectivity index (χ2v) is 15.6. The molecule has 0 aromatic heterocycles. The molecular formula is C41H62N8O13. The van der Waals surface area contributed by atoms with Crippen LogP contribution in [0.25, 0.3) is 0 Å². The first-order valence-corrected chi connectivity index (χ1v) is 20.5. The van der Waals surface area contributed by atoms with Crippen molar-refractivity contribution in [2.75, 3.05) is 39.4 Å². The predicted octanol–water partition coefficient (Wildman–Crippen LogP) is -2.16. The Morgan fingerprint density at radius 3 is 2.08 bits per heavy atom. The van der Waals surface area contributed by atoms with Crippen LogP contribution in [-0.2, 0) is 54.3 Å². The van der Waals surface area contributed by atoms with E-state index in [-0.39, 0.29) is 76.0 Å². The van der Waals surface area contributed by atoms with Crippen molar-refractivity contribution in [3.05, 3.63) is 35.4 Å². The van der Waals surface area contributed by atoms with Crippen LogP contribution in [0.15, 0.2) is 24.3 Å². The van der Waals surface area contributed by atoms with Gasteiger partial charge in [0.15, 0.2) is 5.78 Å². The van der Waals surface area contributed by atoms with Crippen LogP contribution in [-0.4, -0.2) is 150 Å². The van der Waals surface area contributed by atoms with Crippen molar-refractivity contribution in [1.29, 1.82) is 0 Å². The number of benzene rings is 1. The summed E-state index contributed by atoms with van der Waals surface area (Å²) in [5.74, 6) is -6.63. The van der Waals surface area contributed by atoms with Crippen molar-refractivity contribution >= 4 is 58.9 Å². The fourth-order valence-corrected chi connectivity index (χ4v) is 6.36. The number of carboxylic acid groups (broad SMARTS) is 1. The zero-order chi connectivity index (χ0) is 46.5. The summed E-state index contributed by atoms with van der Waals surface area (Å²) in [4.78, 5) is 126. The highest BCUT2D eigenvalue weighted by Gasteiger charge is 2.39. The first-order valence-electron chi connectivity index (χ1n) is 20.5. The van der Waals surface area contributed by atoms with E-state index in [1.54, 1.807) is 24.3 Å². The van der Waals surface area contributed by atoms with E-state index in [1.165, 1.54) is 25.7 Å². The Kier molecular flexibility index (Phi) is 22.4. The van der Waals surface area contributed by atoms with Crippen LogP contribution in [0.1, 0.15) is 89.1 Å². The third-order valence-corrected chi connectivity index (χ3v) is 9.65. The van der Waals surface area contributed by atoms with E-state index in [4.69, 9.17) is 10.5 Å². The van der Waals surface area contributed by atoms with Gasteiger partial charge in [-0.2, -0.15) is 0 Å². The maximum absolute atomic E-state index is 13.9. The third-order valence-electron chi connectivity index (χ3n) is 9.65. The van der Waals surface area contributed by atoms with Crippen LogP contribution in [0.5, 0.6) is 0 Å². The number of carboxylic acids is 1. The molecule has 1 fully saturated rings. The molecule has 1 aliphatic heterocycles. The summed E-state index contributed by atoms with van der Waals surface area (Å²) in [6, 6.07) is 0.738. The number of nitrogens with zero attached hydrogens (tertiary/aromatic N) is 1. The van der Waals surface area contributed by atoms with Gasteiger partial charge in [-0.3, -0.25) is 47.9 Å². The Morgan fingerprint density at radius 1 is 0.806 bits per heavy atom. The number of likely N-dealkylation sites (tertiary alicyclic amines) is 1. The number of ketones is 2. The summed E-state index contributed by atoms with van der Waals surface area (Å²) in [5.41, 5.74) is 7.37. The van der Waals surface area contributed by atoms with Gasteiger partial charge in [-0.1, -0.05) is 38.1 Å². The minimum Gasteiger partial charge on any atom is -0.481 e. The minimum absolute atomic E-state index is 0.0264. The molecule has 6 unspecified atom stereocenters. The molecule has 0 aliphatic carbocycles. The van der Waals surface area contributed by atoms with Gasteiger partial charge in [0.05, 0.1) is 38.4 Å². The number of nitrogens with one attached hydrogen (secondary N) is 6. The number of rotatable bonds is 27. The van der Waals surface area contributed by atoms with Gasteiger partial charge >= 0.3 is 5.97 Å². The third kappa shape index (κ3) is 18.9. The molecule has 2 rings (SSSR count). The van der Waals surface area contributed by atoms with E-state index >= 15 is 0 Å². The molecule has 1 heterocycles. The average Bonchev–Trinajstić information content (AvgIpc) is 3.70. The van der Waals surface area contributed by atoms with Gasteiger partial charge in [-0.15, -0.1) is 0 Å². The second-order valence-electron chi connectivity index (χ2n) is 15.6. The summed E-state index contributed by atoms with van der Waals surface area (Å²) >= 11 is 0. The lowest BCUT2D eigenvalue weighted by Crippen LogP contribution is -2.60. The standard InChI is InChI=1S/C41H62N8O13/c1-23(2)19-31(46-33(53)14-17-62-18-15-43-37(57)29(42)20-27-8-10-28(11-9-27)25(4)51)41(61)49-16-6-7-32(49)39(59)47-30(12-13-35(55)56)38(58)48-36(26(5)52)40(60)45-22-34(54)44-21-24(3)50/h8-11,23,26,29-32,36,52H,6-7,12-22,42H2,1-5H3,(H,43,57)(H,44,54)(H,45,60)(H,46,53)(H,47,59)(H,48,58)(H,55,56). The molecule has 0 radical (unpaired) electrons. The number of aliphatic hydroxyl groups excluding tert-OH is 1. The lowest BCUT2D eigenvalue weighted by molar-refractivity contribution is -0.143. The lowest BCUT2D eigenvalue weighted by atomic mass is 10.0. The number of hydrogen-bond donors (Lipinski definition) is 9. The van der Waals surface area contributed by atoms with Gasteiger partial charge in [0.2, 0.25) is 41.4 Å². The van der Waals surface area contributed by atoms with E-state index in [1.807, 2.05) is 13.8 Å². The summed E-state index contributed by atoms with van der Waals surface area (Å²) in [7, 11) is 0. The van der Waals surface area contributed by atoms with Gasteiger partial charge in [-0.25, -0.2) is 0 Å². The van der Waals surface area contributed by atoms with E-state index < -0.39 is 103 Å². The zero-order valence-corrected chi connectivity index (χ0v) is 36.0. The van der Waals surface area contributed by atoms with Crippen molar-refractivity contribution in [1.82, 2.24) is 36.8 Å². The highest BCUT2D eigenvalue weighted by Crippen LogP contribution is 2.21. The fourth-order valence-electron chi connectivity index (χ4n) is 6.36. The number of amides is 7. The van der Waals surface area contributed by atoms with Gasteiger partial charge in [0, 0.05) is 31.5 Å². The normalized spacial score (nSPS) is 15.9. The van der Waals surface area contributed by atoms with Crippen LogP contribution >= 0.6 is 0 Å². The average molecular weight is 875 g/mol. The van der Waals surface area contributed by atoms with Crippen LogP contribution < -0.4 is 37.6 Å². The van der Waals surface area contributed by atoms with Gasteiger partial charge in [0.25, 0.3) is 0 Å². The number of Topliss-reactive ketones (excluding diaryl/α,β-unsaturated/α-hetero) is 2. The number of hydrogen-bond acceptors (Lipinski definition) is 13. The van der Waals surface area contributed by atoms with Crippen molar-refractivity contribution in [3.8, 4) is 0 Å². The molecule has 0 bridgehead atoms. The molecule has 0 saturated carbocycles. The molecule has 6 atom stereocenters. The Morgan fingerprint density at radius 2 is 1.48 bits per heavy atom. The molecule has 7 amide bonds. The molecule has 1 aromatic carbocycles. The Labute approximate surface area is 360 Å². The summed E-state index contributed by atoms with van der Waals surface area (Å²) in [6.07, 6.45) is -1.50. The summed E-state index contributed by atoms with van der Waals surface area (Å²) < 4.78 is 5.51. The molecule has 1 saturated heterocycles. The fraction of sp³-hybridized carbons (Fsp3) is 0.610. The van der Waals surface area contributed by atoms with Gasteiger partial charge in [0.1, 0.15) is 30.0 Å². The first-order chi connectivity index (χ1) is 29.2. The zero-order valence-electron chi connectivity index (χ0n) is 36.0. The van der Waals surface area contributed by atoms with E-state index in [0.29, 0.717) is 12.0 Å². The molecular weight excluding hydrogens is 812 g/mol. The van der Waals surface area contributed by atoms with Crippen molar-refractivity contribution in [3.63, 3.8) is 0 Å². The predicted molar refractivity (Wildman–Crippen MR) is 222 cm³/mol. The van der Waals surface area contributed by atoms with E-state index in [2.05, 4.69) is 31.9 Å².